The van der Waals surface area contributed by atoms with Crippen LogP contribution in [0.2, 0.25) is 0 Å². The van der Waals surface area contributed by atoms with Crippen LogP contribution in [0.5, 0.6) is 5.88 Å². The smallest absolute Gasteiger partial charge is 0.328 e. The molecule has 0 amide bonds. The standard InChI is InChI=1S/C31H56N5O5P/c1-3-5-6-7-8-9-10-11-12-13-14-15-16-19-23-39-24-21-25-41-42(37,38)26-20-17-18-22-36-27-33-28-29(36)34-31(32)35-30(28)40-4-2/h17-18,27H,3-16,19-26H2,1-2H3,(H,37,38)(H2,32,34,35)/b18-17-. The Kier molecular flexibility index (Phi) is 19.4. The SMILES string of the molecule is CCCCCCCCCCCCCCCCOCCCOP(=O)(O)CC/C=C\Cn1cnc2c(OCC)nc(N)nc21. The second-order valence-electron chi connectivity index (χ2n) is 10.9. The molecule has 10 nitrogen and oxygen atoms in total. The molecule has 3 N–H and O–H groups in total. The minimum absolute atomic E-state index is 0.0671. The molecule has 2 heterocycles. The lowest BCUT2D eigenvalue weighted by Gasteiger charge is -2.11. The van der Waals surface area contributed by atoms with Crippen molar-refractivity contribution < 1.29 is 23.5 Å². The molecular weight excluding hydrogens is 553 g/mol. The summed E-state index contributed by atoms with van der Waals surface area (Å²) in [6, 6.07) is 0. The van der Waals surface area contributed by atoms with Crippen molar-refractivity contribution in [3.63, 3.8) is 0 Å². The number of nitrogens with zero attached hydrogens (tertiary/aromatic N) is 4. The molecule has 0 spiro atoms. The first-order valence-electron chi connectivity index (χ1n) is 16.3. The van der Waals surface area contributed by atoms with Crippen LogP contribution in [0.15, 0.2) is 18.5 Å². The van der Waals surface area contributed by atoms with E-state index >= 15 is 0 Å². The molecule has 240 valence electrons. The van der Waals surface area contributed by atoms with Gasteiger partial charge in [-0.05, 0) is 26.2 Å². The molecule has 1 atom stereocenters. The molecule has 2 aromatic heterocycles. The third-order valence-electron chi connectivity index (χ3n) is 7.15. The third-order valence-corrected chi connectivity index (χ3v) is 8.55. The fourth-order valence-corrected chi connectivity index (χ4v) is 5.80. The average molecular weight is 610 g/mol. The molecule has 0 aliphatic rings. The molecule has 0 bridgehead atoms. The Morgan fingerprint density at radius 2 is 1.48 bits per heavy atom. The van der Waals surface area contributed by atoms with Crippen LogP contribution in [0.4, 0.5) is 5.95 Å². The monoisotopic (exact) mass is 609 g/mol. The van der Waals surface area contributed by atoms with Crippen LogP contribution in [0.3, 0.4) is 0 Å². The molecule has 0 aliphatic heterocycles. The van der Waals surface area contributed by atoms with Gasteiger partial charge in [0.25, 0.3) is 0 Å². The Hall–Kier alpha value is -2.00. The highest BCUT2D eigenvalue weighted by Gasteiger charge is 2.17. The maximum absolute atomic E-state index is 12.3. The van der Waals surface area contributed by atoms with E-state index in [9.17, 15) is 9.46 Å². The van der Waals surface area contributed by atoms with Gasteiger partial charge in [-0.3, -0.25) is 4.57 Å². The number of allylic oxidation sites excluding steroid dienone is 2. The van der Waals surface area contributed by atoms with Crippen molar-refractivity contribution in [2.75, 3.05) is 38.3 Å². The lowest BCUT2D eigenvalue weighted by molar-refractivity contribution is 0.113. The molecular formula is C31H56N5O5P. The normalized spacial score (nSPS) is 13.3. The number of imidazole rings is 1. The molecule has 0 saturated heterocycles. The van der Waals surface area contributed by atoms with Crippen molar-refractivity contribution in [2.24, 2.45) is 0 Å². The van der Waals surface area contributed by atoms with E-state index in [0.29, 0.717) is 49.6 Å². The molecule has 0 aliphatic carbocycles. The van der Waals surface area contributed by atoms with Gasteiger partial charge in [0.05, 0.1) is 25.7 Å². The van der Waals surface area contributed by atoms with Crippen LogP contribution in [0.25, 0.3) is 11.2 Å². The number of ether oxygens (including phenoxy) is 2. The number of nitrogens with two attached hydrogens (primary N) is 1. The van der Waals surface area contributed by atoms with E-state index in [4.69, 9.17) is 19.7 Å². The quantitative estimate of drug-likeness (QED) is 0.0590. The zero-order valence-corrected chi connectivity index (χ0v) is 27.1. The predicted molar refractivity (Wildman–Crippen MR) is 171 cm³/mol. The zero-order chi connectivity index (χ0) is 30.3. The van der Waals surface area contributed by atoms with E-state index in [-0.39, 0.29) is 18.7 Å². The van der Waals surface area contributed by atoms with E-state index < -0.39 is 7.60 Å². The van der Waals surface area contributed by atoms with Gasteiger partial charge in [-0.25, -0.2) is 4.98 Å². The minimum Gasteiger partial charge on any atom is -0.476 e. The Bertz CT molecular complexity index is 1050. The fourth-order valence-electron chi connectivity index (χ4n) is 4.78. The van der Waals surface area contributed by atoms with Gasteiger partial charge in [0, 0.05) is 19.8 Å². The summed E-state index contributed by atoms with van der Waals surface area (Å²) in [4.78, 5) is 22.8. The van der Waals surface area contributed by atoms with E-state index in [2.05, 4.69) is 21.9 Å². The molecule has 0 aromatic carbocycles. The number of aromatic nitrogens is 4. The number of unbranched alkanes of at least 4 members (excludes halogenated alkanes) is 13. The summed E-state index contributed by atoms with van der Waals surface area (Å²) < 4.78 is 30.5. The zero-order valence-electron chi connectivity index (χ0n) is 26.2. The minimum atomic E-state index is -3.62. The highest BCUT2D eigenvalue weighted by atomic mass is 31.2. The topological polar surface area (TPSA) is 135 Å². The van der Waals surface area contributed by atoms with Gasteiger partial charge in [0.1, 0.15) is 0 Å². The Balaban J connectivity index is 1.42. The molecule has 2 rings (SSSR count). The van der Waals surface area contributed by atoms with Gasteiger partial charge < -0.3 is 29.2 Å². The number of anilines is 1. The summed E-state index contributed by atoms with van der Waals surface area (Å²) in [5.41, 5.74) is 6.93. The van der Waals surface area contributed by atoms with E-state index in [1.165, 1.54) is 83.5 Å². The Labute approximate surface area is 253 Å². The van der Waals surface area contributed by atoms with E-state index in [1.54, 1.807) is 6.33 Å². The van der Waals surface area contributed by atoms with Crippen molar-refractivity contribution >= 4 is 24.7 Å². The van der Waals surface area contributed by atoms with Crippen molar-refractivity contribution in [2.45, 2.75) is 123 Å². The van der Waals surface area contributed by atoms with Crippen LogP contribution in [0.1, 0.15) is 117 Å². The highest BCUT2D eigenvalue weighted by molar-refractivity contribution is 7.52. The van der Waals surface area contributed by atoms with Crippen molar-refractivity contribution in [1.82, 2.24) is 19.5 Å². The number of fused-ring (bicyclic) bond motifs is 1. The first-order valence-corrected chi connectivity index (χ1v) is 18.0. The van der Waals surface area contributed by atoms with Crippen LogP contribution >= 0.6 is 7.60 Å². The molecule has 42 heavy (non-hydrogen) atoms. The summed E-state index contributed by atoms with van der Waals surface area (Å²) >= 11 is 0. The number of nitrogen functional groups attached to an aromatic ring is 1. The van der Waals surface area contributed by atoms with Crippen molar-refractivity contribution in [3.05, 3.63) is 18.5 Å². The summed E-state index contributed by atoms with van der Waals surface area (Å²) in [5, 5.41) is 0. The summed E-state index contributed by atoms with van der Waals surface area (Å²) in [5.74, 6) is 0.483. The van der Waals surface area contributed by atoms with Crippen LogP contribution in [-0.2, 0) is 20.4 Å². The van der Waals surface area contributed by atoms with Crippen molar-refractivity contribution in [3.8, 4) is 5.88 Å². The molecule has 0 saturated carbocycles. The Morgan fingerprint density at radius 1 is 0.857 bits per heavy atom. The second kappa shape index (κ2) is 22.5. The van der Waals surface area contributed by atoms with Crippen LogP contribution in [0, 0.1) is 0 Å². The van der Waals surface area contributed by atoms with Gasteiger partial charge in [-0.1, -0.05) is 103 Å². The summed E-state index contributed by atoms with van der Waals surface area (Å²) in [6.45, 7) is 6.60. The largest absolute Gasteiger partial charge is 0.476 e. The highest BCUT2D eigenvalue weighted by Crippen LogP contribution is 2.42. The molecule has 2 aromatic rings. The average Bonchev–Trinajstić information content (AvgIpc) is 3.37. The van der Waals surface area contributed by atoms with Gasteiger partial charge in [0.2, 0.25) is 11.8 Å². The number of rotatable bonds is 27. The maximum Gasteiger partial charge on any atom is 0.328 e. The predicted octanol–water partition coefficient (Wildman–Crippen LogP) is 7.84. The lowest BCUT2D eigenvalue weighted by Crippen LogP contribution is -2.03. The number of hydrogen-bond donors (Lipinski definition) is 2. The summed E-state index contributed by atoms with van der Waals surface area (Å²) in [6.07, 6.45) is 25.3. The molecule has 0 radical (unpaired) electrons. The van der Waals surface area contributed by atoms with E-state index in [0.717, 1.165) is 13.0 Å². The van der Waals surface area contributed by atoms with Gasteiger partial charge >= 0.3 is 7.60 Å². The first kappa shape index (κ1) is 36.2. The molecule has 0 fully saturated rings. The Morgan fingerprint density at radius 3 is 2.12 bits per heavy atom. The van der Waals surface area contributed by atoms with Crippen LogP contribution < -0.4 is 10.5 Å². The van der Waals surface area contributed by atoms with Crippen LogP contribution in [-0.4, -0.2) is 57.0 Å². The van der Waals surface area contributed by atoms with Gasteiger partial charge in [0.15, 0.2) is 11.2 Å². The second-order valence-corrected chi connectivity index (χ2v) is 12.9. The van der Waals surface area contributed by atoms with Crippen molar-refractivity contribution in [1.29, 1.82) is 0 Å². The molecule has 11 heteroatoms. The third kappa shape index (κ3) is 16.0. The lowest BCUT2D eigenvalue weighted by atomic mass is 10.0. The fraction of sp³-hybridized carbons (Fsp3) is 0.774. The summed E-state index contributed by atoms with van der Waals surface area (Å²) in [7, 11) is -3.62. The number of hydrogen-bond acceptors (Lipinski definition) is 8. The van der Waals surface area contributed by atoms with E-state index in [1.807, 2.05) is 23.6 Å². The van der Waals surface area contributed by atoms with Gasteiger partial charge in [-0.2, -0.15) is 9.97 Å². The maximum atomic E-state index is 12.3. The van der Waals surface area contributed by atoms with Gasteiger partial charge in [-0.15, -0.1) is 0 Å². The first-order chi connectivity index (χ1) is 20.5. The molecule has 1 unspecified atom stereocenters.